The van der Waals surface area contributed by atoms with Gasteiger partial charge in [-0.15, -0.1) is 0 Å². The zero-order chi connectivity index (χ0) is 16.1. The van der Waals surface area contributed by atoms with Gasteiger partial charge in [0.25, 0.3) is 11.5 Å². The van der Waals surface area contributed by atoms with Gasteiger partial charge in [0.05, 0.1) is 0 Å². The average Bonchev–Trinajstić information content (AvgIpc) is 2.51. The van der Waals surface area contributed by atoms with Crippen molar-refractivity contribution in [2.75, 3.05) is 7.05 Å². The van der Waals surface area contributed by atoms with Gasteiger partial charge in [-0.1, -0.05) is 19.1 Å². The first kappa shape index (κ1) is 15.9. The number of rotatable bonds is 5. The molecular formula is C16H18FN3O2. The van der Waals surface area contributed by atoms with Gasteiger partial charge in [0, 0.05) is 26.2 Å². The van der Waals surface area contributed by atoms with Gasteiger partial charge in [-0.25, -0.2) is 9.07 Å². The van der Waals surface area contributed by atoms with Crippen molar-refractivity contribution >= 4 is 5.91 Å². The van der Waals surface area contributed by atoms with Gasteiger partial charge in [0.15, 0.2) is 0 Å². The van der Waals surface area contributed by atoms with E-state index in [0.29, 0.717) is 13.1 Å². The summed E-state index contributed by atoms with van der Waals surface area (Å²) in [5.41, 5.74) is 0.816. The van der Waals surface area contributed by atoms with Crippen molar-refractivity contribution < 1.29 is 9.18 Å². The van der Waals surface area contributed by atoms with Crippen LogP contribution in [0.25, 0.3) is 0 Å². The van der Waals surface area contributed by atoms with Gasteiger partial charge in [-0.2, -0.15) is 5.10 Å². The lowest BCUT2D eigenvalue weighted by Crippen LogP contribution is -2.31. The maximum atomic E-state index is 12.9. The van der Waals surface area contributed by atoms with Crippen molar-refractivity contribution in [2.45, 2.75) is 26.4 Å². The first-order valence-electron chi connectivity index (χ1n) is 7.09. The monoisotopic (exact) mass is 303 g/mol. The number of carbonyl (C=O) groups excluding carboxylic acids is 1. The van der Waals surface area contributed by atoms with Crippen LogP contribution >= 0.6 is 0 Å². The summed E-state index contributed by atoms with van der Waals surface area (Å²) in [4.78, 5) is 25.5. The van der Waals surface area contributed by atoms with Crippen LogP contribution in [0.15, 0.2) is 41.2 Å². The summed E-state index contributed by atoms with van der Waals surface area (Å²) in [7, 11) is 1.64. The van der Waals surface area contributed by atoms with Gasteiger partial charge >= 0.3 is 0 Å². The van der Waals surface area contributed by atoms with Crippen LogP contribution in [0.2, 0.25) is 0 Å². The molecule has 0 radical (unpaired) electrons. The molecule has 0 fully saturated rings. The second-order valence-corrected chi connectivity index (χ2v) is 5.07. The van der Waals surface area contributed by atoms with E-state index in [2.05, 4.69) is 5.10 Å². The fourth-order valence-corrected chi connectivity index (χ4v) is 2.07. The molecule has 0 saturated carbocycles. The fraction of sp³-hybridized carbons (Fsp3) is 0.312. The number of carbonyl (C=O) groups is 1. The van der Waals surface area contributed by atoms with Crippen LogP contribution in [0.3, 0.4) is 0 Å². The molecule has 1 aromatic heterocycles. The molecule has 1 heterocycles. The molecule has 0 N–H and O–H groups in total. The molecule has 0 spiro atoms. The molecule has 0 aliphatic heterocycles. The fourth-order valence-electron chi connectivity index (χ4n) is 2.07. The van der Waals surface area contributed by atoms with Crippen molar-refractivity contribution in [1.29, 1.82) is 0 Å². The molecule has 116 valence electrons. The van der Waals surface area contributed by atoms with E-state index in [9.17, 15) is 14.0 Å². The Labute approximate surface area is 128 Å². The third kappa shape index (κ3) is 3.78. The quantitative estimate of drug-likeness (QED) is 0.849. The van der Waals surface area contributed by atoms with Gasteiger partial charge in [0.2, 0.25) is 0 Å². The largest absolute Gasteiger partial charge is 0.336 e. The summed E-state index contributed by atoms with van der Waals surface area (Å²) >= 11 is 0. The normalized spacial score (nSPS) is 10.5. The molecule has 22 heavy (non-hydrogen) atoms. The average molecular weight is 303 g/mol. The summed E-state index contributed by atoms with van der Waals surface area (Å²) in [5.74, 6) is -0.597. The highest BCUT2D eigenvalue weighted by Crippen LogP contribution is 2.07. The number of amides is 1. The number of hydrogen-bond acceptors (Lipinski definition) is 3. The highest BCUT2D eigenvalue weighted by atomic mass is 19.1. The Kier molecular flexibility index (Phi) is 5.04. The lowest BCUT2D eigenvalue weighted by molar-refractivity contribution is 0.0776. The van der Waals surface area contributed by atoms with Crippen molar-refractivity contribution in [3.05, 3.63) is 63.8 Å². The third-order valence-electron chi connectivity index (χ3n) is 3.20. The van der Waals surface area contributed by atoms with E-state index in [1.165, 1.54) is 33.8 Å². The number of nitrogens with zero attached hydrogens (tertiary/aromatic N) is 3. The molecule has 0 unspecified atom stereocenters. The topological polar surface area (TPSA) is 55.2 Å². The van der Waals surface area contributed by atoms with Crippen LogP contribution in [-0.2, 0) is 13.1 Å². The molecule has 0 saturated heterocycles. The Morgan fingerprint density at radius 3 is 2.55 bits per heavy atom. The lowest BCUT2D eigenvalue weighted by Gasteiger charge is -2.17. The molecule has 1 amide bonds. The minimum atomic E-state index is -0.314. The maximum Gasteiger partial charge on any atom is 0.274 e. The molecular weight excluding hydrogens is 285 g/mol. The van der Waals surface area contributed by atoms with E-state index in [1.54, 1.807) is 19.2 Å². The number of halogens is 1. The Morgan fingerprint density at radius 1 is 1.23 bits per heavy atom. The van der Waals surface area contributed by atoms with Crippen LogP contribution in [0.5, 0.6) is 0 Å². The van der Waals surface area contributed by atoms with E-state index < -0.39 is 0 Å². The molecule has 0 bridgehead atoms. The molecule has 2 aromatic rings. The van der Waals surface area contributed by atoms with Gasteiger partial charge in [0.1, 0.15) is 11.5 Å². The summed E-state index contributed by atoms with van der Waals surface area (Å²) in [5, 5.41) is 4.09. The first-order chi connectivity index (χ1) is 10.5. The third-order valence-corrected chi connectivity index (χ3v) is 3.20. The molecule has 0 atom stereocenters. The van der Waals surface area contributed by atoms with E-state index in [0.717, 1.165) is 12.0 Å². The summed E-state index contributed by atoms with van der Waals surface area (Å²) in [6, 6.07) is 8.75. The number of aromatic nitrogens is 2. The van der Waals surface area contributed by atoms with Crippen LogP contribution in [0.4, 0.5) is 4.39 Å². The Balaban J connectivity index is 2.14. The second kappa shape index (κ2) is 6.98. The SMILES string of the molecule is CCCn1nc(C(=O)N(C)Cc2ccc(F)cc2)ccc1=O. The maximum absolute atomic E-state index is 12.9. The van der Waals surface area contributed by atoms with E-state index in [1.807, 2.05) is 6.92 Å². The highest BCUT2D eigenvalue weighted by Gasteiger charge is 2.15. The first-order valence-corrected chi connectivity index (χ1v) is 7.09. The predicted molar refractivity (Wildman–Crippen MR) is 81.0 cm³/mol. The van der Waals surface area contributed by atoms with Crippen molar-refractivity contribution in [2.24, 2.45) is 0 Å². The van der Waals surface area contributed by atoms with Crippen LogP contribution in [0, 0.1) is 5.82 Å². The molecule has 6 heteroatoms. The van der Waals surface area contributed by atoms with Crippen LogP contribution in [-0.4, -0.2) is 27.6 Å². The number of hydrogen-bond donors (Lipinski definition) is 0. The Hall–Kier alpha value is -2.50. The Bertz CT molecular complexity index is 710. The standard InChI is InChI=1S/C16H18FN3O2/c1-3-10-20-15(21)9-8-14(18-20)16(22)19(2)11-12-4-6-13(17)7-5-12/h4-9H,3,10-11H2,1-2H3. The van der Waals surface area contributed by atoms with Gasteiger partial charge in [-0.3, -0.25) is 9.59 Å². The van der Waals surface area contributed by atoms with Crippen molar-refractivity contribution in [3.63, 3.8) is 0 Å². The van der Waals surface area contributed by atoms with Crippen LogP contribution < -0.4 is 5.56 Å². The lowest BCUT2D eigenvalue weighted by atomic mass is 10.2. The van der Waals surface area contributed by atoms with Gasteiger partial charge < -0.3 is 4.90 Å². The molecule has 5 nitrogen and oxygen atoms in total. The second-order valence-electron chi connectivity index (χ2n) is 5.07. The number of aryl methyl sites for hydroxylation is 1. The summed E-state index contributed by atoms with van der Waals surface area (Å²) in [6.07, 6.45) is 0.760. The zero-order valence-electron chi connectivity index (χ0n) is 12.6. The van der Waals surface area contributed by atoms with Crippen molar-refractivity contribution in [1.82, 2.24) is 14.7 Å². The highest BCUT2D eigenvalue weighted by molar-refractivity contribution is 5.91. The number of benzene rings is 1. The smallest absolute Gasteiger partial charge is 0.274 e. The summed E-state index contributed by atoms with van der Waals surface area (Å²) in [6.45, 7) is 2.75. The summed E-state index contributed by atoms with van der Waals surface area (Å²) < 4.78 is 14.2. The van der Waals surface area contributed by atoms with E-state index in [-0.39, 0.29) is 23.0 Å². The molecule has 0 aliphatic carbocycles. The van der Waals surface area contributed by atoms with E-state index in [4.69, 9.17) is 0 Å². The minimum Gasteiger partial charge on any atom is -0.336 e. The molecule has 0 aliphatic rings. The molecule has 2 rings (SSSR count). The van der Waals surface area contributed by atoms with E-state index >= 15 is 0 Å². The van der Waals surface area contributed by atoms with Crippen LogP contribution in [0.1, 0.15) is 29.4 Å². The van der Waals surface area contributed by atoms with Crippen molar-refractivity contribution in [3.8, 4) is 0 Å². The molecule has 1 aromatic carbocycles. The van der Waals surface area contributed by atoms with Gasteiger partial charge in [-0.05, 0) is 30.2 Å². The minimum absolute atomic E-state index is 0.220. The predicted octanol–water partition coefficient (Wildman–Crippen LogP) is 2.06. The Morgan fingerprint density at radius 2 is 1.91 bits per heavy atom. The zero-order valence-corrected chi connectivity index (χ0v) is 12.6.